The van der Waals surface area contributed by atoms with Crippen LogP contribution in [0.15, 0.2) is 48.4 Å². The van der Waals surface area contributed by atoms with Crippen LogP contribution in [0.1, 0.15) is 24.4 Å². The molecule has 2 heterocycles. The van der Waals surface area contributed by atoms with Gasteiger partial charge in [-0.2, -0.15) is 5.10 Å². The Morgan fingerprint density at radius 1 is 1.45 bits per heavy atom. The monoisotopic (exact) mass is 434 g/mol. The highest BCUT2D eigenvalue weighted by molar-refractivity contribution is 7.98. The van der Waals surface area contributed by atoms with Gasteiger partial charge >= 0.3 is 5.69 Å². The first kappa shape index (κ1) is 20.9. The summed E-state index contributed by atoms with van der Waals surface area (Å²) in [7, 11) is 0. The fraction of sp³-hybridized carbons (Fsp3) is 0.278. The van der Waals surface area contributed by atoms with Crippen LogP contribution in [-0.4, -0.2) is 29.5 Å². The Labute approximate surface area is 176 Å². The average Bonchev–Trinajstić information content (AvgIpc) is 3.30. The van der Waals surface area contributed by atoms with Crippen LogP contribution < -0.4 is 4.74 Å². The number of hydrogen-bond acceptors (Lipinski definition) is 7. The Morgan fingerprint density at radius 3 is 2.90 bits per heavy atom. The second-order valence-corrected chi connectivity index (χ2v) is 7.53. The molecule has 0 aliphatic rings. The Balaban J connectivity index is 1.76. The van der Waals surface area contributed by atoms with Gasteiger partial charge in [0, 0.05) is 11.6 Å². The third-order valence-electron chi connectivity index (χ3n) is 4.02. The summed E-state index contributed by atoms with van der Waals surface area (Å²) in [6.07, 6.45) is 3.97. The number of aromatic nitrogens is 5. The van der Waals surface area contributed by atoms with Crippen molar-refractivity contribution in [3.63, 3.8) is 0 Å². The van der Waals surface area contributed by atoms with E-state index in [0.29, 0.717) is 34.2 Å². The molecule has 1 aromatic carbocycles. The lowest BCUT2D eigenvalue weighted by molar-refractivity contribution is -0.385. The van der Waals surface area contributed by atoms with Crippen molar-refractivity contribution in [2.45, 2.75) is 37.5 Å². The van der Waals surface area contributed by atoms with Gasteiger partial charge in [0.1, 0.15) is 18.1 Å². The van der Waals surface area contributed by atoms with Crippen LogP contribution in [0.5, 0.6) is 5.75 Å². The molecule has 0 saturated carbocycles. The first-order valence-electron chi connectivity index (χ1n) is 8.65. The highest BCUT2D eigenvalue weighted by Crippen LogP contribution is 2.28. The van der Waals surface area contributed by atoms with Gasteiger partial charge in [-0.15, -0.1) is 16.8 Å². The van der Waals surface area contributed by atoms with Gasteiger partial charge < -0.3 is 4.74 Å². The molecule has 152 valence electrons. The predicted octanol–water partition coefficient (Wildman–Crippen LogP) is 4.42. The van der Waals surface area contributed by atoms with Crippen LogP contribution in [0.3, 0.4) is 0 Å². The molecule has 0 spiro atoms. The number of nitro groups is 1. The van der Waals surface area contributed by atoms with Gasteiger partial charge in [0.25, 0.3) is 0 Å². The molecule has 0 N–H and O–H groups in total. The quantitative estimate of drug-likeness (QED) is 0.212. The van der Waals surface area contributed by atoms with Crippen molar-refractivity contribution in [2.75, 3.05) is 0 Å². The summed E-state index contributed by atoms with van der Waals surface area (Å²) in [6.45, 7) is 8.10. The number of allylic oxidation sites excluding steroid dienone is 1. The number of nitrogens with zero attached hydrogens (tertiary/aromatic N) is 6. The summed E-state index contributed by atoms with van der Waals surface area (Å²) >= 11 is 7.37. The minimum absolute atomic E-state index is 0.0563. The first-order chi connectivity index (χ1) is 13.9. The van der Waals surface area contributed by atoms with Gasteiger partial charge in [-0.1, -0.05) is 29.4 Å². The van der Waals surface area contributed by atoms with E-state index >= 15 is 0 Å². The fourth-order valence-electron chi connectivity index (χ4n) is 2.64. The van der Waals surface area contributed by atoms with Gasteiger partial charge in [0.05, 0.1) is 10.8 Å². The van der Waals surface area contributed by atoms with Gasteiger partial charge in [-0.3, -0.25) is 19.4 Å². The van der Waals surface area contributed by atoms with Gasteiger partial charge in [-0.05, 0) is 37.6 Å². The highest BCUT2D eigenvalue weighted by atomic mass is 35.5. The summed E-state index contributed by atoms with van der Waals surface area (Å²) in [5, 5.41) is 24.6. The van der Waals surface area contributed by atoms with Crippen molar-refractivity contribution in [3.8, 4) is 5.75 Å². The van der Waals surface area contributed by atoms with E-state index in [1.807, 2.05) is 30.5 Å². The Kier molecular flexibility index (Phi) is 6.55. The maximum absolute atomic E-state index is 10.8. The molecule has 0 saturated heterocycles. The van der Waals surface area contributed by atoms with Crippen molar-refractivity contribution >= 4 is 29.1 Å². The molecule has 3 aromatic rings. The van der Waals surface area contributed by atoms with E-state index in [4.69, 9.17) is 16.3 Å². The van der Waals surface area contributed by atoms with Crippen LogP contribution in [-0.2, 0) is 12.4 Å². The second-order valence-electron chi connectivity index (χ2n) is 6.18. The zero-order valence-corrected chi connectivity index (χ0v) is 17.4. The summed E-state index contributed by atoms with van der Waals surface area (Å²) in [6, 6.07) is 5.43. The SMILES string of the molecule is C=CCn1c(SCn2cc([N+](=O)[O-])cn2)nnc1C(C)Oc1ccc(Cl)cc1C. The molecular weight excluding hydrogens is 416 g/mol. The number of halogens is 1. The van der Waals surface area contributed by atoms with Crippen LogP contribution in [0, 0.1) is 17.0 Å². The molecule has 3 rings (SSSR count). The van der Waals surface area contributed by atoms with Crippen LogP contribution >= 0.6 is 23.4 Å². The summed E-state index contributed by atoms with van der Waals surface area (Å²) in [5.41, 5.74) is 0.869. The molecule has 9 nitrogen and oxygen atoms in total. The topological polar surface area (TPSA) is 101 Å². The number of aryl methyl sites for hydroxylation is 1. The van der Waals surface area contributed by atoms with E-state index < -0.39 is 4.92 Å². The molecule has 2 aromatic heterocycles. The molecule has 0 fully saturated rings. The molecule has 0 radical (unpaired) electrons. The summed E-state index contributed by atoms with van der Waals surface area (Å²) < 4.78 is 9.43. The average molecular weight is 435 g/mol. The van der Waals surface area contributed by atoms with E-state index in [1.54, 1.807) is 12.1 Å². The van der Waals surface area contributed by atoms with E-state index in [0.717, 1.165) is 5.56 Å². The van der Waals surface area contributed by atoms with E-state index in [-0.39, 0.29) is 11.8 Å². The summed E-state index contributed by atoms with van der Waals surface area (Å²) in [5.74, 6) is 1.72. The zero-order valence-electron chi connectivity index (χ0n) is 15.9. The van der Waals surface area contributed by atoms with E-state index in [1.165, 1.54) is 28.8 Å². The maximum Gasteiger partial charge on any atom is 0.307 e. The largest absolute Gasteiger partial charge is 0.482 e. The Bertz CT molecular complexity index is 1030. The minimum Gasteiger partial charge on any atom is -0.482 e. The van der Waals surface area contributed by atoms with Crippen molar-refractivity contribution in [1.82, 2.24) is 24.5 Å². The Morgan fingerprint density at radius 2 is 2.24 bits per heavy atom. The minimum atomic E-state index is -0.482. The molecule has 1 unspecified atom stereocenters. The van der Waals surface area contributed by atoms with E-state index in [9.17, 15) is 10.1 Å². The molecule has 11 heteroatoms. The molecule has 29 heavy (non-hydrogen) atoms. The smallest absolute Gasteiger partial charge is 0.307 e. The molecule has 0 amide bonds. The predicted molar refractivity (Wildman–Crippen MR) is 110 cm³/mol. The number of hydrogen-bond donors (Lipinski definition) is 0. The lowest BCUT2D eigenvalue weighted by Crippen LogP contribution is -2.12. The molecule has 1 atom stereocenters. The third-order valence-corrected chi connectivity index (χ3v) is 5.21. The standard InChI is InChI=1S/C18H19ClN6O3S/c1-4-7-24-17(13(3)28-16-6-5-14(19)8-12(16)2)21-22-18(24)29-11-23-10-15(9-20-23)25(26)27/h4-6,8-10,13H,1,7,11H2,2-3H3. The molecule has 0 aliphatic carbocycles. The van der Waals surface area contributed by atoms with Crippen LogP contribution in [0.25, 0.3) is 0 Å². The van der Waals surface area contributed by atoms with Crippen LogP contribution in [0.2, 0.25) is 5.02 Å². The van der Waals surface area contributed by atoms with Crippen molar-refractivity contribution < 1.29 is 9.66 Å². The number of thioether (sulfide) groups is 1. The van der Waals surface area contributed by atoms with Gasteiger partial charge in [0.15, 0.2) is 17.1 Å². The third kappa shape index (κ3) is 4.96. The lowest BCUT2D eigenvalue weighted by atomic mass is 10.2. The van der Waals surface area contributed by atoms with Gasteiger partial charge in [-0.25, -0.2) is 0 Å². The molecule has 0 bridgehead atoms. The maximum atomic E-state index is 10.8. The van der Waals surface area contributed by atoms with Crippen molar-refractivity contribution in [3.05, 3.63) is 69.8 Å². The number of benzene rings is 1. The van der Waals surface area contributed by atoms with Crippen molar-refractivity contribution in [2.24, 2.45) is 0 Å². The lowest BCUT2D eigenvalue weighted by Gasteiger charge is -2.17. The Hall–Kier alpha value is -2.85. The number of rotatable bonds is 9. The number of ether oxygens (including phenoxy) is 1. The molecular formula is C18H19ClN6O3S. The zero-order chi connectivity index (χ0) is 21.0. The second kappa shape index (κ2) is 9.10. The van der Waals surface area contributed by atoms with Crippen molar-refractivity contribution in [1.29, 1.82) is 0 Å². The fourth-order valence-corrected chi connectivity index (χ4v) is 3.68. The normalized spacial score (nSPS) is 12.0. The molecule has 0 aliphatic heterocycles. The van der Waals surface area contributed by atoms with Crippen LogP contribution in [0.4, 0.5) is 5.69 Å². The highest BCUT2D eigenvalue weighted by Gasteiger charge is 2.20. The first-order valence-corrected chi connectivity index (χ1v) is 10.0. The summed E-state index contributed by atoms with van der Waals surface area (Å²) in [4.78, 5) is 10.3. The van der Waals surface area contributed by atoms with Gasteiger partial charge in [0.2, 0.25) is 0 Å². The van der Waals surface area contributed by atoms with E-state index in [2.05, 4.69) is 21.9 Å².